The lowest BCUT2D eigenvalue weighted by atomic mass is 9.99. The Morgan fingerprint density at radius 3 is 2.41 bits per heavy atom. The van der Waals surface area contributed by atoms with E-state index in [-0.39, 0.29) is 29.9 Å². The second kappa shape index (κ2) is 10.5. The fourth-order valence-corrected chi connectivity index (χ4v) is 5.15. The molecule has 8 nitrogen and oxygen atoms in total. The SMILES string of the molecule is C[C@@H]1CN([C@H](C)CO)C(=O)c2cc(N(C)C)ccc2O[C@@H]1CN(C)S(=O)(=O)c1ccc(Cl)cc1. The highest BCUT2D eigenvalue weighted by molar-refractivity contribution is 7.89. The Balaban J connectivity index is 1.97. The molecule has 0 radical (unpaired) electrons. The van der Waals surface area contributed by atoms with Crippen molar-refractivity contribution < 1.29 is 23.1 Å². The molecule has 10 heteroatoms. The third-order valence-corrected chi connectivity index (χ3v) is 8.21. The van der Waals surface area contributed by atoms with Gasteiger partial charge in [0.25, 0.3) is 5.91 Å². The molecule has 0 spiro atoms. The molecule has 0 saturated heterocycles. The highest BCUT2D eigenvalue weighted by Gasteiger charge is 2.35. The summed E-state index contributed by atoms with van der Waals surface area (Å²) in [5.41, 5.74) is 1.21. The number of halogens is 1. The molecule has 1 heterocycles. The number of likely N-dealkylation sites (N-methyl/N-ethyl adjacent to an activating group) is 1. The predicted octanol–water partition coefficient (Wildman–Crippen LogP) is 2.95. The van der Waals surface area contributed by atoms with Gasteiger partial charge in [-0.2, -0.15) is 4.31 Å². The molecule has 0 bridgehead atoms. The molecule has 3 atom stereocenters. The van der Waals surface area contributed by atoms with Crippen LogP contribution in [0.25, 0.3) is 0 Å². The normalized spacial score (nSPS) is 19.8. The summed E-state index contributed by atoms with van der Waals surface area (Å²) in [6.45, 7) is 3.91. The van der Waals surface area contributed by atoms with Gasteiger partial charge in [0.05, 0.1) is 29.7 Å². The summed E-state index contributed by atoms with van der Waals surface area (Å²) in [6.07, 6.45) is -0.530. The van der Waals surface area contributed by atoms with Crippen LogP contribution in [0.2, 0.25) is 5.02 Å². The smallest absolute Gasteiger partial charge is 0.258 e. The Hall–Kier alpha value is -2.33. The van der Waals surface area contributed by atoms with Crippen molar-refractivity contribution in [2.24, 2.45) is 5.92 Å². The molecule has 3 rings (SSSR count). The maximum atomic E-state index is 13.4. The topological polar surface area (TPSA) is 90.4 Å². The van der Waals surface area contributed by atoms with E-state index in [1.165, 1.54) is 35.6 Å². The average molecular weight is 510 g/mol. The molecule has 1 N–H and O–H groups in total. The number of carbonyl (C=O) groups excluding carboxylic acids is 1. The van der Waals surface area contributed by atoms with Crippen LogP contribution >= 0.6 is 11.6 Å². The van der Waals surface area contributed by atoms with E-state index in [2.05, 4.69) is 0 Å². The zero-order valence-corrected chi connectivity index (χ0v) is 21.7. The van der Waals surface area contributed by atoms with Crippen LogP contribution in [0.1, 0.15) is 24.2 Å². The Morgan fingerprint density at radius 2 is 1.82 bits per heavy atom. The number of sulfonamides is 1. The second-order valence-electron chi connectivity index (χ2n) is 8.94. The monoisotopic (exact) mass is 509 g/mol. The number of hydrogen-bond donors (Lipinski definition) is 1. The number of fused-ring (bicyclic) bond motifs is 1. The van der Waals surface area contributed by atoms with Crippen LogP contribution in [0, 0.1) is 5.92 Å². The molecule has 186 valence electrons. The maximum absolute atomic E-state index is 13.4. The third-order valence-electron chi connectivity index (χ3n) is 6.12. The zero-order chi connectivity index (χ0) is 25.2. The molecule has 0 fully saturated rings. The fourth-order valence-electron chi connectivity index (χ4n) is 3.84. The molecular weight excluding hydrogens is 478 g/mol. The van der Waals surface area contributed by atoms with Gasteiger partial charge in [-0.3, -0.25) is 4.79 Å². The number of benzene rings is 2. The summed E-state index contributed by atoms with van der Waals surface area (Å²) in [7, 11) is 1.50. The number of anilines is 1. The van der Waals surface area contributed by atoms with Crippen LogP contribution in [0.15, 0.2) is 47.4 Å². The first-order valence-corrected chi connectivity index (χ1v) is 12.9. The third kappa shape index (κ3) is 5.49. The molecule has 0 unspecified atom stereocenters. The molecule has 0 saturated carbocycles. The number of aliphatic hydroxyl groups excluding tert-OH is 1. The maximum Gasteiger partial charge on any atom is 0.258 e. The van der Waals surface area contributed by atoms with E-state index in [1.54, 1.807) is 24.0 Å². The van der Waals surface area contributed by atoms with E-state index in [4.69, 9.17) is 16.3 Å². The van der Waals surface area contributed by atoms with Gasteiger partial charge in [-0.15, -0.1) is 0 Å². The van der Waals surface area contributed by atoms with E-state index in [0.717, 1.165) is 5.69 Å². The van der Waals surface area contributed by atoms with E-state index in [0.29, 0.717) is 22.9 Å². The summed E-state index contributed by atoms with van der Waals surface area (Å²) in [4.78, 5) is 17.1. The highest BCUT2D eigenvalue weighted by Crippen LogP contribution is 2.31. The van der Waals surface area contributed by atoms with Crippen molar-refractivity contribution in [2.45, 2.75) is 30.9 Å². The van der Waals surface area contributed by atoms with E-state index < -0.39 is 22.2 Å². The number of nitrogens with zero attached hydrogens (tertiary/aromatic N) is 3. The Morgan fingerprint density at radius 1 is 1.18 bits per heavy atom. The number of ether oxygens (including phenoxy) is 1. The molecule has 0 aromatic heterocycles. The van der Waals surface area contributed by atoms with Crippen molar-refractivity contribution in [1.82, 2.24) is 9.21 Å². The largest absolute Gasteiger partial charge is 0.488 e. The lowest BCUT2D eigenvalue weighted by Crippen LogP contribution is -2.50. The predicted molar refractivity (Wildman–Crippen MR) is 133 cm³/mol. The molecule has 0 aliphatic carbocycles. The second-order valence-corrected chi connectivity index (χ2v) is 11.4. The Labute approximate surface area is 206 Å². The molecule has 2 aromatic carbocycles. The van der Waals surface area contributed by atoms with E-state index >= 15 is 0 Å². The Kier molecular flexibility index (Phi) is 8.13. The van der Waals surface area contributed by atoms with Gasteiger partial charge in [-0.25, -0.2) is 8.42 Å². The number of amides is 1. The molecule has 34 heavy (non-hydrogen) atoms. The van der Waals surface area contributed by atoms with Crippen LogP contribution in [0.3, 0.4) is 0 Å². The van der Waals surface area contributed by atoms with Gasteiger partial charge in [0.15, 0.2) is 0 Å². The molecule has 2 aromatic rings. The number of aliphatic hydroxyl groups is 1. The van der Waals surface area contributed by atoms with Gasteiger partial charge < -0.3 is 19.6 Å². The van der Waals surface area contributed by atoms with E-state index in [9.17, 15) is 18.3 Å². The summed E-state index contributed by atoms with van der Waals surface area (Å²) in [5.74, 6) is -0.0465. The first-order chi connectivity index (χ1) is 15.9. The standard InChI is InChI=1S/C24H32ClN3O5S/c1-16-13-28(17(2)15-29)24(30)21-12-19(26(3)4)8-11-22(21)33-23(16)14-27(5)34(31,32)20-9-6-18(25)7-10-20/h6-12,16-17,23,29H,13-15H2,1-5H3/t16-,17-,23-/m1/s1. The average Bonchev–Trinajstić information content (AvgIpc) is 2.80. The van der Waals surface area contributed by atoms with Crippen LogP contribution in [-0.2, 0) is 10.0 Å². The van der Waals surface area contributed by atoms with Gasteiger partial charge in [0, 0.05) is 44.3 Å². The quantitative estimate of drug-likeness (QED) is 0.617. The lowest BCUT2D eigenvalue weighted by molar-refractivity contribution is 0.0387. The van der Waals surface area contributed by atoms with Crippen LogP contribution in [0.5, 0.6) is 5.75 Å². The van der Waals surface area contributed by atoms with Crippen LogP contribution < -0.4 is 9.64 Å². The van der Waals surface area contributed by atoms with Gasteiger partial charge in [-0.1, -0.05) is 18.5 Å². The van der Waals surface area contributed by atoms with Crippen LogP contribution in [-0.4, -0.2) is 81.6 Å². The van der Waals surface area contributed by atoms with Crippen molar-refractivity contribution in [3.05, 3.63) is 53.1 Å². The summed E-state index contributed by atoms with van der Waals surface area (Å²) in [6, 6.07) is 11.0. The Bertz CT molecular complexity index is 1120. The van der Waals surface area contributed by atoms with Crippen molar-refractivity contribution >= 4 is 33.2 Å². The molecule has 1 aliphatic rings. The molecule has 1 aliphatic heterocycles. The van der Waals surface area contributed by atoms with E-state index in [1.807, 2.05) is 32.0 Å². The zero-order valence-electron chi connectivity index (χ0n) is 20.1. The number of hydrogen-bond acceptors (Lipinski definition) is 6. The summed E-state index contributed by atoms with van der Waals surface area (Å²) in [5, 5.41) is 10.2. The minimum atomic E-state index is -3.77. The van der Waals surface area contributed by atoms with Gasteiger partial charge in [-0.05, 0) is 49.4 Å². The van der Waals surface area contributed by atoms with Crippen LogP contribution in [0.4, 0.5) is 5.69 Å². The first kappa shape index (κ1) is 26.3. The van der Waals surface area contributed by atoms with Crippen molar-refractivity contribution in [3.8, 4) is 5.75 Å². The molecular formula is C24H32ClN3O5S. The minimum absolute atomic E-state index is 0.0799. The summed E-state index contributed by atoms with van der Waals surface area (Å²) < 4.78 is 33.8. The van der Waals surface area contributed by atoms with Crippen molar-refractivity contribution in [3.63, 3.8) is 0 Å². The summed E-state index contributed by atoms with van der Waals surface area (Å²) >= 11 is 5.91. The number of rotatable bonds is 7. The highest BCUT2D eigenvalue weighted by atomic mass is 35.5. The van der Waals surface area contributed by atoms with Gasteiger partial charge >= 0.3 is 0 Å². The van der Waals surface area contributed by atoms with Gasteiger partial charge in [0.2, 0.25) is 10.0 Å². The lowest BCUT2D eigenvalue weighted by Gasteiger charge is -2.38. The number of carbonyl (C=O) groups is 1. The van der Waals surface area contributed by atoms with Gasteiger partial charge in [0.1, 0.15) is 11.9 Å². The fraction of sp³-hybridized carbons (Fsp3) is 0.458. The first-order valence-electron chi connectivity index (χ1n) is 11.1. The minimum Gasteiger partial charge on any atom is -0.488 e. The van der Waals surface area contributed by atoms with Crippen molar-refractivity contribution in [1.29, 1.82) is 0 Å². The molecule has 1 amide bonds. The van der Waals surface area contributed by atoms with Crippen molar-refractivity contribution in [2.75, 3.05) is 45.7 Å².